The molecule has 0 aliphatic carbocycles. The number of piperazine rings is 1. The van der Waals surface area contributed by atoms with Crippen molar-refractivity contribution in [3.05, 3.63) is 53.6 Å². The van der Waals surface area contributed by atoms with Gasteiger partial charge in [-0.25, -0.2) is 14.4 Å². The fourth-order valence-corrected chi connectivity index (χ4v) is 6.50. The first-order valence-electron chi connectivity index (χ1n) is 14.2. The summed E-state index contributed by atoms with van der Waals surface area (Å²) >= 11 is 6.97. The van der Waals surface area contributed by atoms with Gasteiger partial charge in [0.15, 0.2) is 5.82 Å². The number of hydrogen-bond donors (Lipinski definition) is 0. The van der Waals surface area contributed by atoms with Crippen LogP contribution < -0.4 is 9.80 Å². The molecule has 0 saturated carbocycles. The number of aryl methyl sites for hydroxylation is 2. The fraction of sp³-hybridized carbons (Fsp3) is 0.419. The van der Waals surface area contributed by atoms with Crippen LogP contribution in [0.1, 0.15) is 19.4 Å². The van der Waals surface area contributed by atoms with E-state index < -0.39 is 5.82 Å². The molecular weight excluding hydrogens is 555 g/mol. The van der Waals surface area contributed by atoms with Crippen molar-refractivity contribution < 1.29 is 9.18 Å². The summed E-state index contributed by atoms with van der Waals surface area (Å²) in [5, 5.41) is 0.833. The topological polar surface area (TPSA) is 73.6 Å². The number of nitrogens with zero attached hydrogens (tertiary/aromatic N) is 8. The second-order valence-corrected chi connectivity index (χ2v) is 12.2. The molecule has 2 aromatic carbocycles. The van der Waals surface area contributed by atoms with Gasteiger partial charge < -0.3 is 24.2 Å². The van der Waals surface area contributed by atoms with E-state index in [1.165, 1.54) is 6.08 Å². The molecule has 2 aliphatic heterocycles. The average Bonchev–Trinajstić information content (AvgIpc) is 3.30. The molecule has 0 N–H and O–H groups in total. The maximum atomic E-state index is 17.0. The number of rotatable bonds is 5. The van der Waals surface area contributed by atoms with Crippen LogP contribution >= 0.6 is 11.6 Å². The first kappa shape index (κ1) is 28.4. The van der Waals surface area contributed by atoms with E-state index in [1.807, 2.05) is 49.4 Å². The number of carbonyl (C=O) groups excluding carboxylic acids is 1. The van der Waals surface area contributed by atoms with Gasteiger partial charge >= 0.3 is 0 Å². The Labute approximate surface area is 250 Å². The molecule has 4 aromatic rings. The summed E-state index contributed by atoms with van der Waals surface area (Å²) < 4.78 is 18.8. The van der Waals surface area contributed by atoms with Crippen molar-refractivity contribution in [2.75, 3.05) is 50.1 Å². The van der Waals surface area contributed by atoms with E-state index in [9.17, 15) is 4.79 Å². The zero-order valence-corrected chi connectivity index (χ0v) is 25.7. The Morgan fingerprint density at radius 3 is 2.55 bits per heavy atom. The van der Waals surface area contributed by atoms with E-state index in [2.05, 4.69) is 40.4 Å². The van der Waals surface area contributed by atoms with Crippen molar-refractivity contribution in [1.82, 2.24) is 29.3 Å². The van der Waals surface area contributed by atoms with Gasteiger partial charge in [-0.15, -0.1) is 0 Å². The molecule has 2 fully saturated rings. The van der Waals surface area contributed by atoms with Crippen LogP contribution in [0.4, 0.5) is 16.2 Å². The third-order valence-electron chi connectivity index (χ3n) is 8.78. The van der Waals surface area contributed by atoms with Crippen molar-refractivity contribution in [3.8, 4) is 11.1 Å². The number of aromatic nitrogens is 4. The molecule has 0 bridgehead atoms. The zero-order valence-electron chi connectivity index (χ0n) is 24.9. The molecular formula is C31H36ClFN8O. The highest BCUT2D eigenvalue weighted by atomic mass is 35.5. The Hall–Kier alpha value is -3.76. The number of benzene rings is 2. The molecule has 0 unspecified atom stereocenters. The molecule has 9 nitrogen and oxygen atoms in total. The molecule has 6 rings (SSSR count). The molecule has 1 amide bonds. The van der Waals surface area contributed by atoms with Crippen LogP contribution in [0.15, 0.2) is 37.2 Å². The number of amides is 1. The summed E-state index contributed by atoms with van der Waals surface area (Å²) in [6.45, 7) is 12.2. The van der Waals surface area contributed by atoms with Gasteiger partial charge in [-0.1, -0.05) is 24.2 Å². The molecule has 2 aliphatic rings. The lowest BCUT2D eigenvalue weighted by atomic mass is 9.96. The monoisotopic (exact) mass is 590 g/mol. The molecule has 2 aromatic heterocycles. The number of carbonyl (C=O) groups is 1. The Kier molecular flexibility index (Phi) is 7.09. The molecule has 42 heavy (non-hydrogen) atoms. The Balaban J connectivity index is 1.55. The van der Waals surface area contributed by atoms with Crippen molar-refractivity contribution >= 4 is 51.2 Å². The number of likely N-dealkylation sites (N-methyl/N-ethyl adjacent to an activating group) is 1. The van der Waals surface area contributed by atoms with Crippen molar-refractivity contribution in [2.45, 2.75) is 38.9 Å². The lowest BCUT2D eigenvalue weighted by Crippen LogP contribution is -2.59. The van der Waals surface area contributed by atoms with E-state index in [1.54, 1.807) is 12.4 Å². The SMILES string of the molecule is C=CC(=O)N1C[C@H](C)N(c2nc(N3CC(N(C)C)C3)nc3c(F)c(-c4c(C)ccc5ncn(C)c45)c(Cl)cc23)C[C@H]1C. The van der Waals surface area contributed by atoms with Gasteiger partial charge in [-0.3, -0.25) is 4.79 Å². The quantitative estimate of drug-likeness (QED) is 0.313. The summed E-state index contributed by atoms with van der Waals surface area (Å²) in [4.78, 5) is 35.1. The summed E-state index contributed by atoms with van der Waals surface area (Å²) in [5.74, 6) is 0.528. The second-order valence-electron chi connectivity index (χ2n) is 11.8. The number of imidazole rings is 1. The predicted octanol–water partition coefficient (Wildman–Crippen LogP) is 4.65. The van der Waals surface area contributed by atoms with Crippen molar-refractivity contribution in [1.29, 1.82) is 0 Å². The van der Waals surface area contributed by atoms with Crippen LogP contribution in [0.2, 0.25) is 5.02 Å². The average molecular weight is 591 g/mol. The minimum absolute atomic E-state index is 0.0751. The Morgan fingerprint density at radius 1 is 1.12 bits per heavy atom. The maximum absolute atomic E-state index is 17.0. The lowest BCUT2D eigenvalue weighted by Gasteiger charge is -2.45. The number of hydrogen-bond acceptors (Lipinski definition) is 7. The minimum Gasteiger partial charge on any atom is -0.349 e. The molecule has 0 spiro atoms. The molecule has 11 heteroatoms. The lowest BCUT2D eigenvalue weighted by molar-refractivity contribution is -0.128. The standard InChI is InChI=1S/C31H36ClFN8O/c1-8-24(42)40-12-19(4)41(13-18(40)3)30-21-11-22(32)26(25-17(2)9-10-23-29(25)38(7)16-34-23)27(33)28(21)35-31(36-30)39-14-20(15-39)37(5)6/h8-11,16,18-20H,1,12-15H2,2-7H3/t18-,19+/m1/s1. The molecule has 0 radical (unpaired) electrons. The van der Waals surface area contributed by atoms with Crippen LogP contribution in [0.3, 0.4) is 0 Å². The van der Waals surface area contributed by atoms with Gasteiger partial charge in [0.2, 0.25) is 11.9 Å². The number of anilines is 2. The van der Waals surface area contributed by atoms with Gasteiger partial charge in [-0.2, -0.15) is 4.98 Å². The normalized spacial score (nSPS) is 19.7. The Morgan fingerprint density at radius 2 is 1.86 bits per heavy atom. The summed E-state index contributed by atoms with van der Waals surface area (Å²) in [7, 11) is 6.00. The smallest absolute Gasteiger partial charge is 0.246 e. The first-order chi connectivity index (χ1) is 20.0. The van der Waals surface area contributed by atoms with Crippen LogP contribution in [0, 0.1) is 12.7 Å². The molecule has 2 saturated heterocycles. The third kappa shape index (κ3) is 4.48. The highest BCUT2D eigenvalue weighted by Gasteiger charge is 2.36. The second kappa shape index (κ2) is 10.5. The minimum atomic E-state index is -0.481. The Bertz CT molecular complexity index is 1730. The van der Waals surface area contributed by atoms with Gasteiger partial charge in [0.25, 0.3) is 0 Å². The van der Waals surface area contributed by atoms with E-state index in [-0.39, 0.29) is 28.5 Å². The van der Waals surface area contributed by atoms with Gasteiger partial charge in [0, 0.05) is 67.9 Å². The first-order valence-corrected chi connectivity index (χ1v) is 14.6. The van der Waals surface area contributed by atoms with E-state index >= 15 is 4.39 Å². The van der Waals surface area contributed by atoms with Crippen LogP contribution in [-0.2, 0) is 11.8 Å². The summed E-state index contributed by atoms with van der Waals surface area (Å²) in [5.41, 5.74) is 3.71. The van der Waals surface area contributed by atoms with Crippen LogP contribution in [0.5, 0.6) is 0 Å². The highest BCUT2D eigenvalue weighted by molar-refractivity contribution is 6.35. The molecule has 2 atom stereocenters. The van der Waals surface area contributed by atoms with Gasteiger partial charge in [0.1, 0.15) is 11.3 Å². The van der Waals surface area contributed by atoms with Gasteiger partial charge in [-0.05, 0) is 58.6 Å². The fourth-order valence-electron chi connectivity index (χ4n) is 6.21. The summed E-state index contributed by atoms with van der Waals surface area (Å²) in [6.07, 6.45) is 3.08. The third-order valence-corrected chi connectivity index (χ3v) is 9.08. The van der Waals surface area contributed by atoms with Gasteiger partial charge in [0.05, 0.1) is 22.4 Å². The largest absolute Gasteiger partial charge is 0.349 e. The predicted molar refractivity (Wildman–Crippen MR) is 167 cm³/mol. The number of halogens is 2. The highest BCUT2D eigenvalue weighted by Crippen LogP contribution is 2.43. The molecule has 4 heterocycles. The molecule has 220 valence electrons. The van der Waals surface area contributed by atoms with E-state index in [0.717, 1.165) is 29.7 Å². The van der Waals surface area contributed by atoms with E-state index in [4.69, 9.17) is 21.6 Å². The van der Waals surface area contributed by atoms with Crippen molar-refractivity contribution in [3.63, 3.8) is 0 Å². The summed E-state index contributed by atoms with van der Waals surface area (Å²) in [6, 6.07) is 5.87. The van der Waals surface area contributed by atoms with Crippen LogP contribution in [-0.4, -0.2) is 93.6 Å². The van der Waals surface area contributed by atoms with Crippen LogP contribution in [0.25, 0.3) is 33.1 Å². The maximum Gasteiger partial charge on any atom is 0.246 e. The van der Waals surface area contributed by atoms with Crippen molar-refractivity contribution in [2.24, 2.45) is 7.05 Å². The zero-order chi connectivity index (χ0) is 30.0. The van der Waals surface area contributed by atoms with E-state index in [0.29, 0.717) is 47.4 Å². The number of fused-ring (bicyclic) bond motifs is 2.